The minimum absolute atomic E-state index is 0.122. The van der Waals surface area contributed by atoms with Crippen molar-refractivity contribution >= 4 is 11.4 Å². The van der Waals surface area contributed by atoms with Gasteiger partial charge in [0.05, 0.1) is 4.92 Å². The molecule has 2 atom stereocenters. The van der Waals surface area contributed by atoms with Crippen LogP contribution in [0.2, 0.25) is 0 Å². The quantitative estimate of drug-likeness (QED) is 0.655. The van der Waals surface area contributed by atoms with E-state index in [1.54, 1.807) is 0 Å². The first-order chi connectivity index (χ1) is 9.77. The van der Waals surface area contributed by atoms with Gasteiger partial charge in [-0.25, -0.2) is 0 Å². The largest absolute Gasteiger partial charge is 0.423 e. The Morgan fingerprint density at radius 1 is 1.33 bits per heavy atom. The lowest BCUT2D eigenvalue weighted by Gasteiger charge is -2.28. The van der Waals surface area contributed by atoms with Crippen molar-refractivity contribution in [2.45, 2.75) is 44.8 Å². The number of benzene rings is 1. The number of alkyl halides is 3. The molecule has 1 aliphatic rings. The molecule has 2 rings (SSSR count). The van der Waals surface area contributed by atoms with Gasteiger partial charge in [0.15, 0.2) is 0 Å². The molecule has 0 bridgehead atoms. The highest BCUT2D eigenvalue weighted by Crippen LogP contribution is 2.38. The van der Waals surface area contributed by atoms with Crippen molar-refractivity contribution in [1.29, 1.82) is 0 Å². The van der Waals surface area contributed by atoms with Gasteiger partial charge in [-0.1, -0.05) is 19.8 Å². The van der Waals surface area contributed by atoms with E-state index in [1.165, 1.54) is 6.07 Å². The van der Waals surface area contributed by atoms with Gasteiger partial charge in [-0.05, 0) is 30.9 Å². The van der Waals surface area contributed by atoms with Crippen molar-refractivity contribution < 1.29 is 18.1 Å². The molecule has 1 aromatic carbocycles. The second-order valence-electron chi connectivity index (χ2n) is 5.60. The SMILES string of the molecule is CC1CCCC(Nc2ccc([N+](=O)[O-])c(C(F)(F)F)c2)C1. The monoisotopic (exact) mass is 302 g/mol. The first kappa shape index (κ1) is 15.6. The van der Waals surface area contributed by atoms with Crippen LogP contribution in [0.1, 0.15) is 38.2 Å². The second kappa shape index (κ2) is 5.91. The molecule has 0 aromatic heterocycles. The number of rotatable bonds is 3. The molecule has 1 fully saturated rings. The number of hydrogen-bond donors (Lipinski definition) is 1. The molecule has 0 heterocycles. The number of nitro groups is 1. The van der Waals surface area contributed by atoms with Gasteiger partial charge in [-0.2, -0.15) is 13.2 Å². The number of hydrogen-bond acceptors (Lipinski definition) is 3. The lowest BCUT2D eigenvalue weighted by Crippen LogP contribution is -2.26. The summed E-state index contributed by atoms with van der Waals surface area (Å²) in [4.78, 5) is 9.69. The van der Waals surface area contributed by atoms with E-state index in [9.17, 15) is 23.3 Å². The predicted octanol–water partition coefficient (Wildman–Crippen LogP) is 4.60. The van der Waals surface area contributed by atoms with Crippen molar-refractivity contribution in [3.63, 3.8) is 0 Å². The maximum Gasteiger partial charge on any atom is 0.423 e. The Bertz CT molecular complexity index is 531. The van der Waals surface area contributed by atoms with E-state index in [1.807, 2.05) is 0 Å². The van der Waals surface area contributed by atoms with E-state index in [-0.39, 0.29) is 11.7 Å². The van der Waals surface area contributed by atoms with Crippen LogP contribution >= 0.6 is 0 Å². The normalized spacial score (nSPS) is 22.9. The molecular formula is C14H17F3N2O2. The van der Waals surface area contributed by atoms with Crippen LogP contribution in [0, 0.1) is 16.0 Å². The third-order valence-electron chi connectivity index (χ3n) is 3.81. The Labute approximate surface area is 120 Å². The van der Waals surface area contributed by atoms with E-state index >= 15 is 0 Å². The van der Waals surface area contributed by atoms with Gasteiger partial charge >= 0.3 is 6.18 Å². The van der Waals surface area contributed by atoms with Gasteiger partial charge in [0, 0.05) is 17.8 Å². The fraction of sp³-hybridized carbons (Fsp3) is 0.571. The molecule has 1 aliphatic carbocycles. The van der Waals surface area contributed by atoms with Gasteiger partial charge in [0.1, 0.15) is 5.56 Å². The minimum Gasteiger partial charge on any atom is -0.382 e. The summed E-state index contributed by atoms with van der Waals surface area (Å²) < 4.78 is 38.7. The zero-order valence-corrected chi connectivity index (χ0v) is 11.6. The van der Waals surface area contributed by atoms with Gasteiger partial charge in [0.2, 0.25) is 0 Å². The average Bonchev–Trinajstić information content (AvgIpc) is 2.37. The number of nitro benzene ring substituents is 1. The van der Waals surface area contributed by atoms with E-state index in [2.05, 4.69) is 12.2 Å². The number of halogens is 3. The van der Waals surface area contributed by atoms with Crippen LogP contribution in [-0.4, -0.2) is 11.0 Å². The topological polar surface area (TPSA) is 55.2 Å². The zero-order chi connectivity index (χ0) is 15.6. The van der Waals surface area contributed by atoms with Crippen molar-refractivity contribution in [1.82, 2.24) is 0 Å². The predicted molar refractivity (Wildman–Crippen MR) is 73.1 cm³/mol. The van der Waals surface area contributed by atoms with Crippen molar-refractivity contribution in [2.75, 3.05) is 5.32 Å². The number of anilines is 1. The van der Waals surface area contributed by atoms with Gasteiger partial charge in [-0.3, -0.25) is 10.1 Å². The second-order valence-corrected chi connectivity index (χ2v) is 5.60. The van der Waals surface area contributed by atoms with Crippen LogP contribution in [0.4, 0.5) is 24.5 Å². The first-order valence-corrected chi connectivity index (χ1v) is 6.89. The van der Waals surface area contributed by atoms with E-state index in [4.69, 9.17) is 0 Å². The van der Waals surface area contributed by atoms with Crippen molar-refractivity contribution in [2.24, 2.45) is 5.92 Å². The van der Waals surface area contributed by atoms with Crippen LogP contribution in [0.5, 0.6) is 0 Å². The fourth-order valence-electron chi connectivity index (χ4n) is 2.81. The van der Waals surface area contributed by atoms with Crippen LogP contribution in [-0.2, 0) is 6.18 Å². The highest BCUT2D eigenvalue weighted by Gasteiger charge is 2.38. The van der Waals surface area contributed by atoms with Crippen molar-refractivity contribution in [3.05, 3.63) is 33.9 Å². The molecule has 0 aliphatic heterocycles. The fourth-order valence-corrected chi connectivity index (χ4v) is 2.81. The zero-order valence-electron chi connectivity index (χ0n) is 11.6. The minimum atomic E-state index is -4.74. The Kier molecular flexibility index (Phi) is 4.39. The maximum atomic E-state index is 12.9. The Morgan fingerprint density at radius 3 is 2.62 bits per heavy atom. The van der Waals surface area contributed by atoms with Gasteiger partial charge < -0.3 is 5.32 Å². The third-order valence-corrected chi connectivity index (χ3v) is 3.81. The van der Waals surface area contributed by atoms with E-state index in [0.717, 1.165) is 37.8 Å². The molecule has 21 heavy (non-hydrogen) atoms. The summed E-state index contributed by atoms with van der Waals surface area (Å²) in [6, 6.07) is 3.21. The van der Waals surface area contributed by atoms with Crippen LogP contribution < -0.4 is 5.32 Å². The lowest BCUT2D eigenvalue weighted by molar-refractivity contribution is -0.388. The molecule has 0 amide bonds. The van der Waals surface area contributed by atoms with Crippen LogP contribution in [0.15, 0.2) is 18.2 Å². The molecule has 1 saturated carbocycles. The number of nitrogens with one attached hydrogen (secondary N) is 1. The summed E-state index contributed by atoms with van der Waals surface area (Å²) >= 11 is 0. The number of nitrogens with zero attached hydrogens (tertiary/aromatic N) is 1. The standard InChI is InChI=1S/C14H17F3N2O2/c1-9-3-2-4-10(7-9)18-11-5-6-13(19(20)21)12(8-11)14(15,16)17/h5-6,8-10,18H,2-4,7H2,1H3. The van der Waals surface area contributed by atoms with Crippen LogP contribution in [0.3, 0.4) is 0 Å². The molecule has 7 heteroatoms. The summed E-state index contributed by atoms with van der Waals surface area (Å²) in [5, 5.41) is 13.8. The molecule has 4 nitrogen and oxygen atoms in total. The highest BCUT2D eigenvalue weighted by molar-refractivity contribution is 5.55. The Hall–Kier alpha value is -1.79. The summed E-state index contributed by atoms with van der Waals surface area (Å²) in [5.41, 5.74) is -1.83. The summed E-state index contributed by atoms with van der Waals surface area (Å²) in [7, 11) is 0. The first-order valence-electron chi connectivity index (χ1n) is 6.89. The maximum absolute atomic E-state index is 12.9. The molecular weight excluding hydrogens is 285 g/mol. The van der Waals surface area contributed by atoms with Gasteiger partial charge in [0.25, 0.3) is 5.69 Å². The summed E-state index contributed by atoms with van der Waals surface area (Å²) in [6.07, 6.45) is -0.759. The Morgan fingerprint density at radius 2 is 2.05 bits per heavy atom. The molecule has 0 saturated heterocycles. The smallest absolute Gasteiger partial charge is 0.382 e. The molecule has 0 spiro atoms. The Balaban J connectivity index is 2.23. The summed E-state index contributed by atoms with van der Waals surface area (Å²) in [5.74, 6) is 0.538. The van der Waals surface area contributed by atoms with Gasteiger partial charge in [-0.15, -0.1) is 0 Å². The molecule has 2 unspecified atom stereocenters. The molecule has 1 aromatic rings. The third kappa shape index (κ3) is 3.86. The average molecular weight is 302 g/mol. The molecule has 1 N–H and O–H groups in total. The van der Waals surface area contributed by atoms with Crippen LogP contribution in [0.25, 0.3) is 0 Å². The summed E-state index contributed by atoms with van der Waals surface area (Å²) in [6.45, 7) is 2.12. The lowest BCUT2D eigenvalue weighted by atomic mass is 9.87. The van der Waals surface area contributed by atoms with E-state index in [0.29, 0.717) is 5.92 Å². The van der Waals surface area contributed by atoms with Crippen molar-refractivity contribution in [3.8, 4) is 0 Å². The van der Waals surface area contributed by atoms with E-state index < -0.39 is 22.4 Å². The highest BCUT2D eigenvalue weighted by atomic mass is 19.4. The molecule has 116 valence electrons. The molecule has 0 radical (unpaired) electrons.